The lowest BCUT2D eigenvalue weighted by molar-refractivity contribution is -0.139. The van der Waals surface area contributed by atoms with Gasteiger partial charge in [-0.3, -0.25) is 38.7 Å². The van der Waals surface area contributed by atoms with Crippen LogP contribution in [0.4, 0.5) is 10.5 Å². The molecular formula is C62H87N9O14. The SMILES string of the molecule is CC.COCCOCCOCCOCCOCCOCCC(=O)NCCCC[C@H](CC(=O)CNC(=O)CCC(=O)O)C(=O)NCCCCCCN1N=C(c2ccc(NC(=O)N3Cc4ccncc4C3)cc2)CC(c2cccc3ncccc23)C1=O. The van der Waals surface area contributed by atoms with Crippen molar-refractivity contribution in [3.8, 4) is 0 Å². The zero-order chi connectivity index (χ0) is 60.9. The highest BCUT2D eigenvalue weighted by atomic mass is 16.6. The molecule has 2 atom stereocenters. The number of unbranched alkanes of at least 4 members (excludes halogenated alkanes) is 4. The molecule has 6 rings (SSSR count). The van der Waals surface area contributed by atoms with Gasteiger partial charge in [0.2, 0.25) is 17.7 Å². The average molecular weight is 1180 g/mol. The van der Waals surface area contributed by atoms with E-state index in [1.54, 1.807) is 35.6 Å². The zero-order valence-corrected chi connectivity index (χ0v) is 49.7. The summed E-state index contributed by atoms with van der Waals surface area (Å²) in [6.07, 6.45) is 9.29. The number of amides is 6. The van der Waals surface area contributed by atoms with Crippen molar-refractivity contribution in [2.75, 3.05) is 111 Å². The fourth-order valence-corrected chi connectivity index (χ4v) is 9.41. The van der Waals surface area contributed by atoms with E-state index in [4.69, 9.17) is 38.6 Å². The molecule has 0 aliphatic carbocycles. The van der Waals surface area contributed by atoms with Crippen LogP contribution in [0.1, 0.15) is 119 Å². The summed E-state index contributed by atoms with van der Waals surface area (Å²) in [7, 11) is 1.62. The van der Waals surface area contributed by atoms with Crippen molar-refractivity contribution in [3.05, 3.63) is 102 Å². The highest BCUT2D eigenvalue weighted by molar-refractivity contribution is 6.07. The van der Waals surface area contributed by atoms with Crippen molar-refractivity contribution in [2.45, 2.75) is 110 Å². The Labute approximate surface area is 498 Å². The first kappa shape index (κ1) is 68.5. The first-order valence-electron chi connectivity index (χ1n) is 29.7. The number of Topliss-reactive ketones (excluding diaryl/α,β-unsaturated/α-hetero) is 1. The number of aromatic nitrogens is 2. The minimum absolute atomic E-state index is 0.109. The number of carboxylic acids is 1. The maximum atomic E-state index is 14.3. The first-order chi connectivity index (χ1) is 41.5. The summed E-state index contributed by atoms with van der Waals surface area (Å²) in [5, 5.41) is 27.6. The van der Waals surface area contributed by atoms with Crippen molar-refractivity contribution >= 4 is 63.7 Å². The van der Waals surface area contributed by atoms with Gasteiger partial charge in [0.1, 0.15) is 0 Å². The van der Waals surface area contributed by atoms with Crippen LogP contribution in [0.2, 0.25) is 0 Å². The van der Waals surface area contributed by atoms with E-state index in [0.29, 0.717) is 143 Å². The number of fused-ring (bicyclic) bond motifs is 2. The molecular weight excluding hydrogens is 1090 g/mol. The molecule has 2 aromatic carbocycles. The van der Waals surface area contributed by atoms with Crippen LogP contribution < -0.4 is 21.3 Å². The molecule has 0 fully saturated rings. The van der Waals surface area contributed by atoms with E-state index in [-0.39, 0.29) is 68.4 Å². The maximum absolute atomic E-state index is 14.3. The number of rotatable bonds is 41. The molecule has 1 unspecified atom stereocenters. The second kappa shape index (κ2) is 40.1. The van der Waals surface area contributed by atoms with E-state index in [1.165, 1.54) is 0 Å². The Kier molecular flexibility index (Phi) is 32.3. The second-order valence-corrected chi connectivity index (χ2v) is 20.2. The predicted molar refractivity (Wildman–Crippen MR) is 320 cm³/mol. The van der Waals surface area contributed by atoms with Gasteiger partial charge in [-0.05, 0) is 78.3 Å². The van der Waals surface area contributed by atoms with Gasteiger partial charge in [0.05, 0.1) is 103 Å². The van der Waals surface area contributed by atoms with E-state index in [0.717, 1.165) is 51.7 Å². The predicted octanol–water partition coefficient (Wildman–Crippen LogP) is 6.56. The molecule has 4 heterocycles. The normalized spacial score (nSPS) is 14.0. The van der Waals surface area contributed by atoms with Crippen molar-refractivity contribution in [1.29, 1.82) is 0 Å². The summed E-state index contributed by atoms with van der Waals surface area (Å²) in [6, 6.07) is 18.9. The summed E-state index contributed by atoms with van der Waals surface area (Å²) in [5.74, 6) is -3.83. The molecule has 6 amide bonds. The van der Waals surface area contributed by atoms with Crippen LogP contribution in [-0.2, 0) is 70.3 Å². The third-order valence-electron chi connectivity index (χ3n) is 13.9. The number of pyridine rings is 2. The molecule has 5 N–H and O–H groups in total. The number of benzene rings is 2. The monoisotopic (exact) mass is 1180 g/mol. The molecule has 23 nitrogen and oxygen atoms in total. The van der Waals surface area contributed by atoms with Gasteiger partial charge in [0.25, 0.3) is 5.91 Å². The van der Waals surface area contributed by atoms with Gasteiger partial charge in [-0.1, -0.05) is 63.4 Å². The Bertz CT molecular complexity index is 2700. The van der Waals surface area contributed by atoms with E-state index in [9.17, 15) is 33.6 Å². The third kappa shape index (κ3) is 25.5. The summed E-state index contributed by atoms with van der Waals surface area (Å²) < 4.78 is 32.2. The summed E-state index contributed by atoms with van der Waals surface area (Å²) in [5.41, 5.74) is 5.98. The molecule has 0 saturated heterocycles. The maximum Gasteiger partial charge on any atom is 0.322 e. The number of urea groups is 1. The number of carbonyl (C=O) groups excluding carboxylic acids is 6. The molecule has 2 aliphatic rings. The van der Waals surface area contributed by atoms with Gasteiger partial charge in [-0.2, -0.15) is 5.10 Å². The number of methoxy groups -OCH3 is 1. The molecule has 0 bridgehead atoms. The van der Waals surface area contributed by atoms with Crippen molar-refractivity contribution in [1.82, 2.24) is 35.8 Å². The standard InChI is InChI=1S/C60H81N9O14.C2H6/c1-78-28-29-80-32-33-82-36-37-83-35-34-81-31-30-79-27-21-56(72)63-22-6-4-10-45(38-49(70)41-65-55(71)18-19-57(73)74)58(75)64-23-5-2-3-7-26-69-59(76)52(50-11-8-13-53-51(50)12-9-24-62-53)39-54(67-69)44-14-16-48(17-15-44)66-60(77)68-42-46-20-25-61-40-47(46)43-68;1-2/h8-9,11-17,20,24-25,40,45,52H,2-7,10,18-19,21-23,26-39,41-43H2,1H3,(H,63,72)(H,64,75)(H,65,71)(H,66,77)(H,73,74);1-2H3/t45-,52?;/m1./s1. The molecule has 23 heteroatoms. The largest absolute Gasteiger partial charge is 0.481 e. The number of carbonyl (C=O) groups is 7. The molecule has 4 aromatic rings. The third-order valence-corrected chi connectivity index (χ3v) is 13.9. The molecule has 0 saturated carbocycles. The minimum atomic E-state index is -1.13. The van der Waals surface area contributed by atoms with Gasteiger partial charge in [-0.15, -0.1) is 0 Å². The lowest BCUT2D eigenvalue weighted by Gasteiger charge is -2.30. The Morgan fingerprint density at radius 2 is 1.32 bits per heavy atom. The number of nitrogens with one attached hydrogen (secondary N) is 4. The van der Waals surface area contributed by atoms with Gasteiger partial charge >= 0.3 is 12.0 Å². The van der Waals surface area contributed by atoms with Crippen molar-refractivity contribution in [2.24, 2.45) is 11.0 Å². The molecule has 2 aliphatic heterocycles. The lowest BCUT2D eigenvalue weighted by Crippen LogP contribution is -2.38. The number of nitrogens with zero attached hydrogens (tertiary/aromatic N) is 5. The van der Waals surface area contributed by atoms with E-state index in [2.05, 4.69) is 31.2 Å². The number of ether oxygens (including phenoxy) is 6. The van der Waals surface area contributed by atoms with Crippen LogP contribution in [0.25, 0.3) is 10.9 Å². The van der Waals surface area contributed by atoms with Gasteiger partial charge in [0, 0.05) is 101 Å². The number of hydrogen-bond acceptors (Lipinski definition) is 16. The fourth-order valence-electron chi connectivity index (χ4n) is 9.41. The van der Waals surface area contributed by atoms with E-state index in [1.807, 2.05) is 74.5 Å². The highest BCUT2D eigenvalue weighted by Crippen LogP contribution is 2.34. The van der Waals surface area contributed by atoms with Crippen LogP contribution >= 0.6 is 0 Å². The molecule has 0 spiro atoms. The molecule has 0 radical (unpaired) electrons. The molecule has 2 aromatic heterocycles. The van der Waals surface area contributed by atoms with Crippen molar-refractivity contribution < 1.29 is 67.1 Å². The average Bonchev–Trinajstić information content (AvgIpc) is 3.23. The van der Waals surface area contributed by atoms with Crippen LogP contribution in [-0.4, -0.2) is 178 Å². The van der Waals surface area contributed by atoms with E-state index >= 15 is 0 Å². The van der Waals surface area contributed by atoms with Crippen LogP contribution in [0.3, 0.4) is 0 Å². The van der Waals surface area contributed by atoms with Gasteiger partial charge in [0.15, 0.2) is 5.78 Å². The second-order valence-electron chi connectivity index (χ2n) is 20.2. The molecule has 85 heavy (non-hydrogen) atoms. The summed E-state index contributed by atoms with van der Waals surface area (Å²) >= 11 is 0. The minimum Gasteiger partial charge on any atom is -0.481 e. The topological polar surface area (TPSA) is 288 Å². The Morgan fingerprint density at radius 3 is 2.01 bits per heavy atom. The fraction of sp³-hybridized carbons (Fsp3) is 0.548. The number of anilines is 1. The van der Waals surface area contributed by atoms with Crippen LogP contribution in [0.15, 0.2) is 84.4 Å². The van der Waals surface area contributed by atoms with Gasteiger partial charge in [-0.25, -0.2) is 9.80 Å². The Hall–Kier alpha value is -7.28. The number of aliphatic carboxylic acids is 1. The Balaban J connectivity index is 0.00000653. The zero-order valence-electron chi connectivity index (χ0n) is 49.7. The number of hydrazone groups is 1. The van der Waals surface area contributed by atoms with Gasteiger partial charge < -0.3 is 59.7 Å². The molecule has 464 valence electrons. The number of ketones is 1. The lowest BCUT2D eigenvalue weighted by atomic mass is 9.86. The summed E-state index contributed by atoms with van der Waals surface area (Å²) in [6.45, 7) is 10.5. The summed E-state index contributed by atoms with van der Waals surface area (Å²) in [4.78, 5) is 100.0. The first-order valence-corrected chi connectivity index (χ1v) is 29.7. The smallest absolute Gasteiger partial charge is 0.322 e. The number of hydrogen-bond donors (Lipinski definition) is 5. The Morgan fingerprint density at radius 1 is 0.671 bits per heavy atom. The quantitative estimate of drug-likeness (QED) is 0.0294. The van der Waals surface area contributed by atoms with Crippen LogP contribution in [0, 0.1) is 5.92 Å². The highest BCUT2D eigenvalue weighted by Gasteiger charge is 2.34. The van der Waals surface area contributed by atoms with Crippen molar-refractivity contribution in [3.63, 3.8) is 0 Å². The van der Waals surface area contributed by atoms with E-state index < -0.39 is 23.7 Å². The number of carboxylic acid groups (broad SMARTS) is 1. The van der Waals surface area contributed by atoms with Crippen LogP contribution in [0.5, 0.6) is 0 Å².